The number of amides is 1. The lowest BCUT2D eigenvalue weighted by atomic mass is 9.98. The van der Waals surface area contributed by atoms with Crippen LogP contribution in [0.15, 0.2) is 97.2 Å². The van der Waals surface area contributed by atoms with Crippen LogP contribution >= 0.6 is 0 Å². The van der Waals surface area contributed by atoms with E-state index in [2.05, 4.69) is 4.98 Å². The molecule has 1 heterocycles. The van der Waals surface area contributed by atoms with Gasteiger partial charge in [0.05, 0.1) is 18.8 Å². The van der Waals surface area contributed by atoms with Gasteiger partial charge in [-0.25, -0.2) is 9.59 Å². The highest BCUT2D eigenvalue weighted by Crippen LogP contribution is 2.47. The molecule has 1 aromatic heterocycles. The van der Waals surface area contributed by atoms with Crippen LogP contribution in [-0.2, 0) is 27.3 Å². The van der Waals surface area contributed by atoms with Crippen LogP contribution in [0.1, 0.15) is 49.2 Å². The van der Waals surface area contributed by atoms with Crippen LogP contribution in [0.3, 0.4) is 0 Å². The SMILES string of the molecule is COC(=O)N(C1c2ccccc2-c2ccccc21)[C@@H](Cc1ccc(OCc2ccccn2)cc1)C(=O)OC(C)(C)C. The number of hydrogen-bond acceptors (Lipinski definition) is 6. The summed E-state index contributed by atoms with van der Waals surface area (Å²) in [5.41, 5.74) is 4.86. The Morgan fingerprint density at radius 2 is 1.46 bits per heavy atom. The molecule has 0 N–H and O–H groups in total. The average molecular weight is 551 g/mol. The molecule has 1 aliphatic carbocycles. The van der Waals surface area contributed by atoms with E-state index in [1.807, 2.05) is 112 Å². The average Bonchev–Trinajstić information content (AvgIpc) is 3.30. The van der Waals surface area contributed by atoms with Crippen LogP contribution < -0.4 is 4.74 Å². The number of esters is 1. The smallest absolute Gasteiger partial charge is 0.411 e. The Morgan fingerprint density at radius 3 is 2.02 bits per heavy atom. The largest absolute Gasteiger partial charge is 0.487 e. The highest BCUT2D eigenvalue weighted by molar-refractivity contribution is 5.86. The van der Waals surface area contributed by atoms with Crippen LogP contribution in [-0.4, -0.2) is 40.7 Å². The molecule has 7 nitrogen and oxygen atoms in total. The molecule has 4 aromatic rings. The van der Waals surface area contributed by atoms with Crippen molar-refractivity contribution in [1.82, 2.24) is 9.88 Å². The van der Waals surface area contributed by atoms with Gasteiger partial charge in [-0.2, -0.15) is 0 Å². The van der Waals surface area contributed by atoms with E-state index in [4.69, 9.17) is 14.2 Å². The topological polar surface area (TPSA) is 78.0 Å². The van der Waals surface area contributed by atoms with Crippen LogP contribution in [0.25, 0.3) is 11.1 Å². The van der Waals surface area contributed by atoms with Crippen molar-refractivity contribution in [1.29, 1.82) is 0 Å². The first-order valence-corrected chi connectivity index (χ1v) is 13.6. The molecule has 0 bridgehead atoms. The van der Waals surface area contributed by atoms with Gasteiger partial charge in [-0.15, -0.1) is 0 Å². The van der Waals surface area contributed by atoms with Crippen molar-refractivity contribution in [2.24, 2.45) is 0 Å². The van der Waals surface area contributed by atoms with Gasteiger partial charge in [-0.05, 0) is 72.9 Å². The molecule has 1 aliphatic rings. The second kappa shape index (κ2) is 11.8. The van der Waals surface area contributed by atoms with Gasteiger partial charge in [0.15, 0.2) is 0 Å². The van der Waals surface area contributed by atoms with Crippen molar-refractivity contribution in [2.45, 2.75) is 51.5 Å². The fraction of sp³-hybridized carbons (Fsp3) is 0.265. The molecule has 1 atom stereocenters. The molecule has 0 aliphatic heterocycles. The first kappa shape index (κ1) is 27.9. The Bertz CT molecular complexity index is 1470. The van der Waals surface area contributed by atoms with E-state index < -0.39 is 29.7 Å². The zero-order valence-electron chi connectivity index (χ0n) is 23.7. The Morgan fingerprint density at radius 1 is 0.854 bits per heavy atom. The third kappa shape index (κ3) is 6.24. The molecule has 41 heavy (non-hydrogen) atoms. The number of carbonyl (C=O) groups is 2. The summed E-state index contributed by atoms with van der Waals surface area (Å²) < 4.78 is 17.1. The van der Waals surface area contributed by atoms with Crippen LogP contribution in [0.5, 0.6) is 5.75 Å². The second-order valence-corrected chi connectivity index (χ2v) is 11.0. The number of pyridine rings is 1. The van der Waals surface area contributed by atoms with E-state index in [1.165, 1.54) is 12.0 Å². The fourth-order valence-electron chi connectivity index (χ4n) is 5.20. The molecular formula is C34H34N2O5. The quantitative estimate of drug-likeness (QED) is 0.226. The maximum Gasteiger partial charge on any atom is 0.411 e. The second-order valence-electron chi connectivity index (χ2n) is 11.0. The monoisotopic (exact) mass is 550 g/mol. The molecule has 210 valence electrons. The molecule has 3 aromatic carbocycles. The number of fused-ring (bicyclic) bond motifs is 3. The number of aromatic nitrogens is 1. The van der Waals surface area contributed by atoms with E-state index in [1.54, 1.807) is 6.20 Å². The van der Waals surface area contributed by atoms with E-state index in [0.29, 0.717) is 12.4 Å². The van der Waals surface area contributed by atoms with Crippen molar-refractivity contribution < 1.29 is 23.8 Å². The van der Waals surface area contributed by atoms with E-state index in [9.17, 15) is 9.59 Å². The lowest BCUT2D eigenvalue weighted by Gasteiger charge is -2.36. The zero-order chi connectivity index (χ0) is 29.0. The summed E-state index contributed by atoms with van der Waals surface area (Å²) in [4.78, 5) is 33.2. The zero-order valence-corrected chi connectivity index (χ0v) is 23.7. The van der Waals surface area contributed by atoms with Gasteiger partial charge in [-0.3, -0.25) is 9.88 Å². The standard InChI is InChI=1S/C34H34N2O5/c1-34(2,3)41-32(37)30(21-23-16-18-25(19-17-23)40-22-24-11-9-10-20-35-24)36(33(38)39-4)31-28-14-7-5-12-26(28)27-13-6-8-15-29(27)31/h5-20,30-31H,21-22H2,1-4H3/t30-/m0/s1. The minimum Gasteiger partial charge on any atom is -0.487 e. The lowest BCUT2D eigenvalue weighted by molar-refractivity contribution is -0.161. The Hall–Kier alpha value is -4.65. The third-order valence-corrected chi connectivity index (χ3v) is 6.94. The van der Waals surface area contributed by atoms with Crippen molar-refractivity contribution >= 4 is 12.1 Å². The van der Waals surface area contributed by atoms with Gasteiger partial charge >= 0.3 is 12.1 Å². The van der Waals surface area contributed by atoms with Gasteiger partial charge in [0.1, 0.15) is 24.0 Å². The molecule has 1 amide bonds. The molecule has 0 unspecified atom stereocenters. The summed E-state index contributed by atoms with van der Waals surface area (Å²) in [6.07, 6.45) is 1.35. The maximum absolute atomic E-state index is 13.8. The first-order chi connectivity index (χ1) is 19.7. The molecule has 5 rings (SSSR count). The molecule has 0 fully saturated rings. The van der Waals surface area contributed by atoms with E-state index in [-0.39, 0.29) is 6.42 Å². The molecule has 7 heteroatoms. The number of carbonyl (C=O) groups excluding carboxylic acids is 2. The van der Waals surface area contributed by atoms with E-state index in [0.717, 1.165) is 33.5 Å². The summed E-state index contributed by atoms with van der Waals surface area (Å²) in [6.45, 7) is 5.80. The summed E-state index contributed by atoms with van der Waals surface area (Å²) in [6, 6.07) is 27.6. The van der Waals surface area contributed by atoms with Gasteiger partial charge in [0.25, 0.3) is 0 Å². The van der Waals surface area contributed by atoms with Crippen molar-refractivity contribution in [3.8, 4) is 16.9 Å². The minimum atomic E-state index is -0.953. The minimum absolute atomic E-state index is 0.228. The van der Waals surface area contributed by atoms with Gasteiger partial charge in [0, 0.05) is 12.6 Å². The van der Waals surface area contributed by atoms with Crippen LogP contribution in [0.4, 0.5) is 4.79 Å². The highest BCUT2D eigenvalue weighted by atomic mass is 16.6. The van der Waals surface area contributed by atoms with Gasteiger partial charge in [0.2, 0.25) is 0 Å². The van der Waals surface area contributed by atoms with Crippen molar-refractivity contribution in [2.75, 3.05) is 7.11 Å². The molecule has 0 saturated carbocycles. The van der Waals surface area contributed by atoms with E-state index >= 15 is 0 Å². The molecule has 0 saturated heterocycles. The summed E-state index contributed by atoms with van der Waals surface area (Å²) in [5.74, 6) is 0.178. The van der Waals surface area contributed by atoms with Crippen molar-refractivity contribution in [3.63, 3.8) is 0 Å². The molecule has 0 radical (unpaired) electrons. The predicted molar refractivity (Wildman–Crippen MR) is 156 cm³/mol. The number of benzene rings is 3. The molecule has 0 spiro atoms. The number of rotatable bonds is 8. The van der Waals surface area contributed by atoms with Crippen LogP contribution in [0, 0.1) is 0 Å². The lowest BCUT2D eigenvalue weighted by Crippen LogP contribution is -2.50. The number of hydrogen-bond donors (Lipinski definition) is 0. The number of ether oxygens (including phenoxy) is 3. The predicted octanol–water partition coefficient (Wildman–Crippen LogP) is 6.75. The Labute approximate surface area is 240 Å². The Kier molecular flexibility index (Phi) is 8.06. The highest BCUT2D eigenvalue weighted by Gasteiger charge is 2.43. The van der Waals surface area contributed by atoms with Gasteiger partial charge < -0.3 is 14.2 Å². The van der Waals surface area contributed by atoms with Crippen molar-refractivity contribution in [3.05, 3.63) is 120 Å². The first-order valence-electron chi connectivity index (χ1n) is 13.6. The van der Waals surface area contributed by atoms with Gasteiger partial charge in [-0.1, -0.05) is 66.7 Å². The normalized spacial score (nSPS) is 13.1. The third-order valence-electron chi connectivity index (χ3n) is 6.94. The summed E-state index contributed by atoms with van der Waals surface area (Å²) in [5, 5.41) is 0. The maximum atomic E-state index is 13.8. The molecular weight excluding hydrogens is 516 g/mol. The summed E-state index contributed by atoms with van der Waals surface area (Å²) >= 11 is 0. The number of nitrogens with zero attached hydrogens (tertiary/aromatic N) is 2. The number of methoxy groups -OCH3 is 1. The fourth-order valence-corrected chi connectivity index (χ4v) is 5.20. The summed E-state index contributed by atoms with van der Waals surface area (Å²) in [7, 11) is 1.34. The Balaban J connectivity index is 1.49. The van der Waals surface area contributed by atoms with Crippen LogP contribution in [0.2, 0.25) is 0 Å².